The average molecular weight is 522 g/mol. The van der Waals surface area contributed by atoms with Crippen LogP contribution >= 0.6 is 15.9 Å². The molecule has 0 N–H and O–H groups in total. The Morgan fingerprint density at radius 2 is 1.79 bits per heavy atom. The lowest BCUT2D eigenvalue weighted by molar-refractivity contribution is -0.274. The summed E-state index contributed by atoms with van der Waals surface area (Å²) in [5.74, 6) is -0.758. The standard InChI is InChI=1S/C24H19BrF3NO4/c1-32-23(31)18-8-5-16(6-9-18)13-14-29-21(20(25)10-12-22(29)30)11-7-17-3-2-4-19(15-17)33-24(26,27)28/h2-12,15H,13-14H2,1H3. The van der Waals surface area contributed by atoms with Gasteiger partial charge in [-0.3, -0.25) is 4.79 Å². The van der Waals surface area contributed by atoms with Crippen LogP contribution in [0.15, 0.2) is 69.9 Å². The zero-order valence-electron chi connectivity index (χ0n) is 17.4. The Hall–Kier alpha value is -3.33. The van der Waals surface area contributed by atoms with Crippen molar-refractivity contribution in [3.05, 3.63) is 97.9 Å². The van der Waals surface area contributed by atoms with Gasteiger partial charge in [0.15, 0.2) is 0 Å². The molecular weight excluding hydrogens is 503 g/mol. The number of benzene rings is 2. The van der Waals surface area contributed by atoms with E-state index in [1.807, 2.05) is 0 Å². The summed E-state index contributed by atoms with van der Waals surface area (Å²) in [6, 6.07) is 15.5. The van der Waals surface area contributed by atoms with Crippen molar-refractivity contribution in [2.24, 2.45) is 0 Å². The molecular formula is C24H19BrF3NO4. The first-order chi connectivity index (χ1) is 15.7. The van der Waals surface area contributed by atoms with Crippen LogP contribution in [0, 0.1) is 0 Å². The maximum atomic E-state index is 12.5. The number of halogens is 4. The molecule has 2 aromatic carbocycles. The molecule has 5 nitrogen and oxygen atoms in total. The SMILES string of the molecule is COC(=O)c1ccc(CCn2c(C=Cc3cccc(OC(F)(F)F)c3)c(Br)ccc2=O)cc1. The van der Waals surface area contributed by atoms with E-state index < -0.39 is 12.3 Å². The van der Waals surface area contributed by atoms with Crippen molar-refractivity contribution in [2.75, 3.05) is 7.11 Å². The van der Waals surface area contributed by atoms with Crippen molar-refractivity contribution < 1.29 is 27.4 Å². The molecule has 1 heterocycles. The van der Waals surface area contributed by atoms with Gasteiger partial charge in [-0.25, -0.2) is 4.79 Å². The second-order valence-electron chi connectivity index (χ2n) is 6.95. The van der Waals surface area contributed by atoms with E-state index in [0.717, 1.165) is 5.56 Å². The Bertz CT molecular complexity index is 1220. The van der Waals surface area contributed by atoms with E-state index in [2.05, 4.69) is 25.4 Å². The van der Waals surface area contributed by atoms with Gasteiger partial charge in [-0.15, -0.1) is 13.2 Å². The lowest BCUT2D eigenvalue weighted by Gasteiger charge is -2.12. The minimum absolute atomic E-state index is 0.224. The number of pyridine rings is 1. The van der Waals surface area contributed by atoms with E-state index in [0.29, 0.717) is 34.3 Å². The molecule has 0 bridgehead atoms. The van der Waals surface area contributed by atoms with Crippen molar-refractivity contribution in [3.63, 3.8) is 0 Å². The monoisotopic (exact) mass is 521 g/mol. The highest BCUT2D eigenvalue weighted by Gasteiger charge is 2.31. The number of aryl methyl sites for hydroxylation is 1. The predicted octanol–water partition coefficient (Wildman–Crippen LogP) is 5.71. The van der Waals surface area contributed by atoms with E-state index >= 15 is 0 Å². The first kappa shape index (κ1) is 24.3. The van der Waals surface area contributed by atoms with Gasteiger partial charge in [-0.1, -0.05) is 30.3 Å². The molecule has 0 aliphatic heterocycles. The van der Waals surface area contributed by atoms with Gasteiger partial charge in [0.05, 0.1) is 18.4 Å². The van der Waals surface area contributed by atoms with Gasteiger partial charge >= 0.3 is 12.3 Å². The van der Waals surface area contributed by atoms with Crippen molar-refractivity contribution in [1.29, 1.82) is 0 Å². The van der Waals surface area contributed by atoms with Crippen LogP contribution in [-0.2, 0) is 17.7 Å². The summed E-state index contributed by atoms with van der Waals surface area (Å²) < 4.78 is 48.3. The van der Waals surface area contributed by atoms with Crippen molar-refractivity contribution >= 4 is 34.1 Å². The number of nitrogens with zero attached hydrogens (tertiary/aromatic N) is 1. The van der Waals surface area contributed by atoms with Crippen LogP contribution in [0.5, 0.6) is 5.75 Å². The van der Waals surface area contributed by atoms with Gasteiger partial charge < -0.3 is 14.0 Å². The summed E-state index contributed by atoms with van der Waals surface area (Å²) in [6.45, 7) is 0.354. The van der Waals surface area contributed by atoms with Gasteiger partial charge in [0.25, 0.3) is 5.56 Å². The third-order valence-corrected chi connectivity index (χ3v) is 5.37. The van der Waals surface area contributed by atoms with Gasteiger partial charge in [0, 0.05) is 17.1 Å². The highest BCUT2D eigenvalue weighted by Crippen LogP contribution is 2.25. The third-order valence-electron chi connectivity index (χ3n) is 4.70. The summed E-state index contributed by atoms with van der Waals surface area (Å²) in [5.41, 5.74) is 2.17. The Morgan fingerprint density at radius 1 is 1.06 bits per heavy atom. The van der Waals surface area contributed by atoms with Crippen LogP contribution in [0.2, 0.25) is 0 Å². The second-order valence-corrected chi connectivity index (χ2v) is 7.80. The number of esters is 1. The zero-order valence-corrected chi connectivity index (χ0v) is 19.0. The van der Waals surface area contributed by atoms with E-state index in [1.165, 1.54) is 31.4 Å². The van der Waals surface area contributed by atoms with Gasteiger partial charge in [0.1, 0.15) is 5.75 Å². The molecule has 33 heavy (non-hydrogen) atoms. The van der Waals surface area contributed by atoms with Gasteiger partial charge in [0.2, 0.25) is 0 Å². The fraction of sp³-hybridized carbons (Fsp3) is 0.167. The predicted molar refractivity (Wildman–Crippen MR) is 122 cm³/mol. The molecule has 0 saturated heterocycles. The molecule has 0 amide bonds. The molecule has 0 radical (unpaired) electrons. The number of carbonyl (C=O) groups is 1. The first-order valence-electron chi connectivity index (χ1n) is 9.77. The van der Waals surface area contributed by atoms with Crippen molar-refractivity contribution in [2.45, 2.75) is 19.3 Å². The Kier molecular flexibility index (Phi) is 7.75. The highest BCUT2D eigenvalue weighted by molar-refractivity contribution is 9.10. The second kappa shape index (κ2) is 10.5. The maximum Gasteiger partial charge on any atom is 0.573 e. The number of alkyl halides is 3. The number of hydrogen-bond donors (Lipinski definition) is 0. The van der Waals surface area contributed by atoms with Crippen LogP contribution in [0.1, 0.15) is 27.2 Å². The number of methoxy groups -OCH3 is 1. The first-order valence-corrected chi connectivity index (χ1v) is 10.6. The molecule has 0 atom stereocenters. The molecule has 1 aromatic heterocycles. The smallest absolute Gasteiger partial charge is 0.465 e. The van der Waals surface area contributed by atoms with E-state index in [-0.39, 0.29) is 11.3 Å². The van der Waals surface area contributed by atoms with E-state index in [1.54, 1.807) is 53.1 Å². The molecule has 0 saturated carbocycles. The fourth-order valence-corrected chi connectivity index (χ4v) is 3.60. The quantitative estimate of drug-likeness (QED) is 0.373. The molecule has 0 aliphatic carbocycles. The van der Waals surface area contributed by atoms with Gasteiger partial charge in [-0.2, -0.15) is 0 Å². The lowest BCUT2D eigenvalue weighted by Crippen LogP contribution is -2.22. The van der Waals surface area contributed by atoms with Gasteiger partial charge in [-0.05, 0) is 69.9 Å². The van der Waals surface area contributed by atoms with Crippen LogP contribution < -0.4 is 10.3 Å². The molecule has 0 fully saturated rings. The number of rotatable bonds is 7. The van der Waals surface area contributed by atoms with Crippen LogP contribution in [0.25, 0.3) is 12.2 Å². The lowest BCUT2D eigenvalue weighted by atomic mass is 10.1. The number of aromatic nitrogens is 1. The van der Waals surface area contributed by atoms with Crippen LogP contribution in [0.3, 0.4) is 0 Å². The summed E-state index contributed by atoms with van der Waals surface area (Å²) in [5, 5.41) is 0. The summed E-state index contributed by atoms with van der Waals surface area (Å²) in [7, 11) is 1.31. The van der Waals surface area contributed by atoms with Crippen LogP contribution in [0.4, 0.5) is 13.2 Å². The largest absolute Gasteiger partial charge is 0.573 e. The molecule has 0 aliphatic rings. The Labute approximate surface area is 196 Å². The summed E-state index contributed by atoms with van der Waals surface area (Å²) in [4.78, 5) is 24.1. The summed E-state index contributed by atoms with van der Waals surface area (Å²) >= 11 is 3.43. The molecule has 0 unspecified atom stereocenters. The molecule has 3 aromatic rings. The summed E-state index contributed by atoms with van der Waals surface area (Å²) in [6.07, 6.45) is -1.00. The highest BCUT2D eigenvalue weighted by atomic mass is 79.9. The molecule has 172 valence electrons. The Morgan fingerprint density at radius 3 is 2.45 bits per heavy atom. The average Bonchev–Trinajstić information content (AvgIpc) is 2.77. The number of hydrogen-bond acceptors (Lipinski definition) is 4. The third kappa shape index (κ3) is 6.82. The molecule has 9 heteroatoms. The van der Waals surface area contributed by atoms with Crippen molar-refractivity contribution in [3.8, 4) is 5.75 Å². The maximum absolute atomic E-state index is 12.5. The fourth-order valence-electron chi connectivity index (χ4n) is 3.12. The van der Waals surface area contributed by atoms with E-state index in [4.69, 9.17) is 0 Å². The van der Waals surface area contributed by atoms with E-state index in [9.17, 15) is 22.8 Å². The number of carbonyl (C=O) groups excluding carboxylic acids is 1. The molecule has 3 rings (SSSR count). The normalized spacial score (nSPS) is 11.5. The Balaban J connectivity index is 1.82. The minimum Gasteiger partial charge on any atom is -0.465 e. The van der Waals surface area contributed by atoms with Crippen LogP contribution in [-0.4, -0.2) is 24.0 Å². The van der Waals surface area contributed by atoms with Crippen molar-refractivity contribution in [1.82, 2.24) is 4.57 Å². The molecule has 0 spiro atoms. The number of ether oxygens (including phenoxy) is 2. The minimum atomic E-state index is -4.78. The zero-order chi connectivity index (χ0) is 24.0. The topological polar surface area (TPSA) is 57.5 Å².